The fourth-order valence-electron chi connectivity index (χ4n) is 1.43. The molecule has 9 heteroatoms. The molecule has 0 spiro atoms. The first-order valence-electron chi connectivity index (χ1n) is 5.36. The molecule has 19 heavy (non-hydrogen) atoms. The number of anilines is 2. The molecule has 0 aliphatic heterocycles. The molecule has 2 aromatic rings. The molecular weight excluding hydrogens is 261 g/mol. The molecule has 0 fully saturated rings. The minimum Gasteiger partial charge on any atom is -0.368 e. The Labute approximate surface area is 106 Å². The second kappa shape index (κ2) is 5.12. The summed E-state index contributed by atoms with van der Waals surface area (Å²) in [7, 11) is 0. The van der Waals surface area contributed by atoms with Crippen molar-refractivity contribution in [1.29, 1.82) is 0 Å². The van der Waals surface area contributed by atoms with Crippen LogP contribution in [-0.2, 0) is 12.7 Å². The third-order valence-electron chi connectivity index (χ3n) is 2.27. The Morgan fingerprint density at radius 1 is 1.32 bits per heavy atom. The molecule has 0 aromatic carbocycles. The van der Waals surface area contributed by atoms with Crippen molar-refractivity contribution >= 4 is 11.8 Å². The van der Waals surface area contributed by atoms with Crippen LogP contribution in [0.15, 0.2) is 24.8 Å². The number of imidazole rings is 1. The average molecular weight is 272 g/mol. The van der Waals surface area contributed by atoms with Gasteiger partial charge in [-0.05, 0) is 0 Å². The van der Waals surface area contributed by atoms with E-state index in [0.29, 0.717) is 13.1 Å². The van der Waals surface area contributed by atoms with E-state index in [2.05, 4.69) is 20.3 Å². The van der Waals surface area contributed by atoms with Crippen molar-refractivity contribution in [3.05, 3.63) is 30.5 Å². The van der Waals surface area contributed by atoms with Crippen LogP contribution >= 0.6 is 0 Å². The Kier molecular flexibility index (Phi) is 3.54. The van der Waals surface area contributed by atoms with Crippen molar-refractivity contribution in [3.8, 4) is 0 Å². The van der Waals surface area contributed by atoms with Gasteiger partial charge < -0.3 is 15.6 Å². The van der Waals surface area contributed by atoms with Crippen molar-refractivity contribution in [2.75, 3.05) is 17.6 Å². The van der Waals surface area contributed by atoms with Crippen LogP contribution in [-0.4, -0.2) is 26.1 Å². The Morgan fingerprint density at radius 2 is 2.11 bits per heavy atom. The number of nitrogen functional groups attached to an aromatic ring is 1. The van der Waals surface area contributed by atoms with Gasteiger partial charge in [-0.1, -0.05) is 0 Å². The monoisotopic (exact) mass is 272 g/mol. The zero-order valence-electron chi connectivity index (χ0n) is 9.72. The van der Waals surface area contributed by atoms with Gasteiger partial charge in [0.15, 0.2) is 5.69 Å². The molecule has 6 nitrogen and oxygen atoms in total. The zero-order valence-corrected chi connectivity index (χ0v) is 9.72. The maximum absolute atomic E-state index is 12.5. The van der Waals surface area contributed by atoms with Gasteiger partial charge in [0, 0.05) is 31.5 Å². The van der Waals surface area contributed by atoms with Crippen LogP contribution in [0.1, 0.15) is 5.69 Å². The second-order valence-electron chi connectivity index (χ2n) is 3.72. The number of alkyl halides is 3. The molecule has 0 atom stereocenters. The third kappa shape index (κ3) is 3.57. The number of nitrogens with one attached hydrogen (secondary N) is 1. The van der Waals surface area contributed by atoms with E-state index in [1.807, 2.05) is 0 Å². The van der Waals surface area contributed by atoms with Gasteiger partial charge in [-0.3, -0.25) is 0 Å². The first-order valence-corrected chi connectivity index (χ1v) is 5.36. The van der Waals surface area contributed by atoms with E-state index in [-0.39, 0.29) is 5.82 Å². The number of hydrogen-bond acceptors (Lipinski definition) is 5. The normalized spacial score (nSPS) is 11.5. The van der Waals surface area contributed by atoms with Gasteiger partial charge in [0.2, 0.25) is 5.95 Å². The van der Waals surface area contributed by atoms with Crippen molar-refractivity contribution in [2.24, 2.45) is 0 Å². The summed E-state index contributed by atoms with van der Waals surface area (Å²) in [6, 6.07) is 0.824. The molecule has 2 aromatic heterocycles. The molecule has 0 aliphatic rings. The predicted molar refractivity (Wildman–Crippen MR) is 62.2 cm³/mol. The topological polar surface area (TPSA) is 81.6 Å². The number of hydrogen-bond donors (Lipinski definition) is 2. The van der Waals surface area contributed by atoms with Crippen LogP contribution < -0.4 is 11.1 Å². The minimum atomic E-state index is -4.54. The molecular formula is C10H11F3N6. The van der Waals surface area contributed by atoms with Gasteiger partial charge in [-0.15, -0.1) is 0 Å². The summed E-state index contributed by atoms with van der Waals surface area (Å²) >= 11 is 0. The smallest absolute Gasteiger partial charge is 0.368 e. The van der Waals surface area contributed by atoms with Crippen LogP contribution in [0.25, 0.3) is 0 Å². The average Bonchev–Trinajstić information content (AvgIpc) is 2.80. The quantitative estimate of drug-likeness (QED) is 0.878. The fraction of sp³-hybridized carbons (Fsp3) is 0.300. The van der Waals surface area contributed by atoms with E-state index in [9.17, 15) is 13.2 Å². The van der Waals surface area contributed by atoms with Crippen LogP contribution in [0.3, 0.4) is 0 Å². The second-order valence-corrected chi connectivity index (χ2v) is 3.72. The standard InChI is InChI=1S/C10H11F3N6/c11-10(12,13)7-5-8(18-9(14)17-7)16-2-4-19-3-1-15-6-19/h1,3,5-6H,2,4H2,(H3,14,16,17,18). The maximum atomic E-state index is 12.5. The van der Waals surface area contributed by atoms with Gasteiger partial charge in [0.25, 0.3) is 0 Å². The van der Waals surface area contributed by atoms with Crippen LogP contribution in [0, 0.1) is 0 Å². The van der Waals surface area contributed by atoms with E-state index >= 15 is 0 Å². The van der Waals surface area contributed by atoms with Crippen molar-refractivity contribution < 1.29 is 13.2 Å². The van der Waals surface area contributed by atoms with E-state index in [1.54, 1.807) is 23.3 Å². The van der Waals surface area contributed by atoms with E-state index in [0.717, 1.165) is 6.07 Å². The highest BCUT2D eigenvalue weighted by Crippen LogP contribution is 2.29. The first kappa shape index (κ1) is 13.1. The zero-order chi connectivity index (χ0) is 13.9. The molecule has 0 amide bonds. The molecule has 102 valence electrons. The van der Waals surface area contributed by atoms with Gasteiger partial charge in [0.05, 0.1) is 6.33 Å². The Bertz CT molecular complexity index is 537. The molecule has 2 heterocycles. The minimum absolute atomic E-state index is 0.0416. The summed E-state index contributed by atoms with van der Waals surface area (Å²) in [5, 5.41) is 2.76. The number of rotatable bonds is 4. The highest BCUT2D eigenvalue weighted by atomic mass is 19.4. The summed E-state index contributed by atoms with van der Waals surface area (Å²) in [4.78, 5) is 10.7. The molecule has 0 aliphatic carbocycles. The van der Waals surface area contributed by atoms with Crippen LogP contribution in [0.2, 0.25) is 0 Å². The van der Waals surface area contributed by atoms with Gasteiger partial charge >= 0.3 is 6.18 Å². The van der Waals surface area contributed by atoms with Gasteiger partial charge in [-0.25, -0.2) is 9.97 Å². The lowest BCUT2D eigenvalue weighted by atomic mass is 10.3. The highest BCUT2D eigenvalue weighted by Gasteiger charge is 2.33. The Balaban J connectivity index is 2.02. The molecule has 0 saturated carbocycles. The number of nitrogens with two attached hydrogens (primary N) is 1. The molecule has 2 rings (SSSR count). The van der Waals surface area contributed by atoms with Gasteiger partial charge in [-0.2, -0.15) is 18.2 Å². The highest BCUT2D eigenvalue weighted by molar-refractivity contribution is 5.41. The number of halogens is 3. The Morgan fingerprint density at radius 3 is 2.74 bits per heavy atom. The summed E-state index contributed by atoms with van der Waals surface area (Å²) in [5.74, 6) is -0.375. The summed E-state index contributed by atoms with van der Waals surface area (Å²) in [6.07, 6.45) is 0.427. The van der Waals surface area contributed by atoms with E-state index < -0.39 is 17.8 Å². The number of aromatic nitrogens is 4. The molecule has 0 radical (unpaired) electrons. The van der Waals surface area contributed by atoms with Gasteiger partial charge in [0.1, 0.15) is 5.82 Å². The number of nitrogens with zero attached hydrogens (tertiary/aromatic N) is 4. The summed E-state index contributed by atoms with van der Waals surface area (Å²) < 4.78 is 39.3. The lowest BCUT2D eigenvalue weighted by Gasteiger charge is -2.10. The third-order valence-corrected chi connectivity index (χ3v) is 2.27. The van der Waals surface area contributed by atoms with Crippen LogP contribution in [0.4, 0.5) is 24.9 Å². The summed E-state index contributed by atoms with van der Waals surface area (Å²) in [5.41, 5.74) is 4.18. The molecule has 0 saturated heterocycles. The molecule has 3 N–H and O–H groups in total. The predicted octanol–water partition coefficient (Wildman–Crippen LogP) is 1.39. The first-order chi connectivity index (χ1) is 8.95. The molecule has 0 bridgehead atoms. The van der Waals surface area contributed by atoms with E-state index in [1.165, 1.54) is 0 Å². The lowest BCUT2D eigenvalue weighted by molar-refractivity contribution is -0.141. The summed E-state index contributed by atoms with van der Waals surface area (Å²) in [6.45, 7) is 0.940. The SMILES string of the molecule is Nc1nc(NCCn2ccnc2)cc(C(F)(F)F)n1. The lowest BCUT2D eigenvalue weighted by Crippen LogP contribution is -2.15. The van der Waals surface area contributed by atoms with E-state index in [4.69, 9.17) is 5.73 Å². The Hall–Kier alpha value is -2.32. The van der Waals surface area contributed by atoms with Crippen molar-refractivity contribution in [2.45, 2.75) is 12.7 Å². The largest absolute Gasteiger partial charge is 0.433 e. The van der Waals surface area contributed by atoms with Crippen molar-refractivity contribution in [1.82, 2.24) is 19.5 Å². The fourth-order valence-corrected chi connectivity index (χ4v) is 1.43. The molecule has 0 unspecified atom stereocenters. The van der Waals surface area contributed by atoms with Crippen molar-refractivity contribution in [3.63, 3.8) is 0 Å². The van der Waals surface area contributed by atoms with Crippen LogP contribution in [0.5, 0.6) is 0 Å². The maximum Gasteiger partial charge on any atom is 0.433 e.